The molecule has 0 unspecified atom stereocenters. The predicted molar refractivity (Wildman–Crippen MR) is 117 cm³/mol. The lowest BCUT2D eigenvalue weighted by molar-refractivity contribution is -0.123. The van der Waals surface area contributed by atoms with Gasteiger partial charge in [-0.05, 0) is 49.2 Å². The summed E-state index contributed by atoms with van der Waals surface area (Å²) in [6, 6.07) is 11.1. The summed E-state index contributed by atoms with van der Waals surface area (Å²) in [5, 5.41) is 6.97. The smallest absolute Gasteiger partial charge is 0.405 e. The fourth-order valence-electron chi connectivity index (χ4n) is 2.91. The summed E-state index contributed by atoms with van der Waals surface area (Å²) in [4.78, 5) is 37.7. The number of carbonyl (C=O) groups excluding carboxylic acids is 3. The number of hydrogen-bond donors (Lipinski definition) is 3. The second-order valence-corrected chi connectivity index (χ2v) is 7.49. The maximum absolute atomic E-state index is 12.9. The Labute approximate surface area is 189 Å². The van der Waals surface area contributed by atoms with Gasteiger partial charge in [0.2, 0.25) is 5.91 Å². The number of halogens is 3. The summed E-state index contributed by atoms with van der Waals surface area (Å²) in [6.45, 7) is 4.28. The van der Waals surface area contributed by atoms with Crippen LogP contribution in [0, 0.1) is 5.92 Å². The first kappa shape index (κ1) is 25.7. The molecule has 2 aromatic rings. The molecule has 3 amide bonds. The molecule has 0 saturated heterocycles. The monoisotopic (exact) mass is 465 g/mol. The van der Waals surface area contributed by atoms with Crippen LogP contribution in [0.25, 0.3) is 0 Å². The number of nitrogens with one attached hydrogen (secondary N) is 3. The lowest BCUT2D eigenvalue weighted by Crippen LogP contribution is -2.47. The van der Waals surface area contributed by atoms with Gasteiger partial charge < -0.3 is 20.7 Å². The first-order valence-electron chi connectivity index (χ1n) is 10.3. The SMILES string of the molecule is CCOc1ccc(C(=O)N[C@H](C(=O)Nc2ccccc2C(=O)NCC(F)(F)F)C(C)C)cc1. The molecule has 0 aliphatic carbocycles. The minimum atomic E-state index is -4.57. The van der Waals surface area contributed by atoms with Crippen molar-refractivity contribution in [3.63, 3.8) is 0 Å². The van der Waals surface area contributed by atoms with Crippen LogP contribution in [0.3, 0.4) is 0 Å². The van der Waals surface area contributed by atoms with E-state index in [0.29, 0.717) is 17.9 Å². The second-order valence-electron chi connectivity index (χ2n) is 7.49. The molecule has 0 radical (unpaired) electrons. The Bertz CT molecular complexity index is 976. The average molecular weight is 465 g/mol. The number of benzene rings is 2. The molecule has 0 aliphatic heterocycles. The van der Waals surface area contributed by atoms with Gasteiger partial charge in [-0.2, -0.15) is 13.2 Å². The quantitative estimate of drug-likeness (QED) is 0.525. The van der Waals surface area contributed by atoms with E-state index in [1.807, 2.05) is 6.92 Å². The molecule has 0 bridgehead atoms. The first-order chi connectivity index (χ1) is 15.5. The van der Waals surface area contributed by atoms with Crippen LogP contribution >= 0.6 is 0 Å². The van der Waals surface area contributed by atoms with Crippen LogP contribution < -0.4 is 20.7 Å². The lowest BCUT2D eigenvalue weighted by Gasteiger charge is -2.22. The van der Waals surface area contributed by atoms with Crippen LogP contribution in [-0.2, 0) is 4.79 Å². The molecule has 0 heterocycles. The zero-order valence-electron chi connectivity index (χ0n) is 18.5. The highest BCUT2D eigenvalue weighted by atomic mass is 19.4. The molecular weight excluding hydrogens is 439 g/mol. The summed E-state index contributed by atoms with van der Waals surface area (Å²) in [5.74, 6) is -1.79. The second kappa shape index (κ2) is 11.3. The molecule has 2 rings (SSSR count). The average Bonchev–Trinajstić information content (AvgIpc) is 2.76. The molecule has 7 nitrogen and oxygen atoms in total. The van der Waals surface area contributed by atoms with E-state index in [4.69, 9.17) is 4.74 Å². The van der Waals surface area contributed by atoms with E-state index in [0.717, 1.165) is 0 Å². The van der Waals surface area contributed by atoms with E-state index in [2.05, 4.69) is 10.6 Å². The number of alkyl halides is 3. The normalized spacial score (nSPS) is 12.1. The van der Waals surface area contributed by atoms with Crippen molar-refractivity contribution in [2.24, 2.45) is 5.92 Å². The van der Waals surface area contributed by atoms with Gasteiger partial charge in [0.15, 0.2) is 0 Å². The minimum Gasteiger partial charge on any atom is -0.494 e. The Morgan fingerprint density at radius 3 is 2.18 bits per heavy atom. The number of para-hydroxylation sites is 1. The van der Waals surface area contributed by atoms with Gasteiger partial charge in [-0.1, -0.05) is 26.0 Å². The lowest BCUT2D eigenvalue weighted by atomic mass is 10.0. The van der Waals surface area contributed by atoms with Gasteiger partial charge in [-0.15, -0.1) is 0 Å². The van der Waals surface area contributed by atoms with Crippen molar-refractivity contribution in [3.05, 3.63) is 59.7 Å². The van der Waals surface area contributed by atoms with Gasteiger partial charge in [0.25, 0.3) is 11.8 Å². The Hall–Kier alpha value is -3.56. The number of rotatable bonds is 9. The highest BCUT2D eigenvalue weighted by Gasteiger charge is 2.29. The van der Waals surface area contributed by atoms with Crippen LogP contribution in [0.15, 0.2) is 48.5 Å². The van der Waals surface area contributed by atoms with Crippen LogP contribution in [0.1, 0.15) is 41.5 Å². The van der Waals surface area contributed by atoms with Gasteiger partial charge in [0.05, 0.1) is 17.9 Å². The number of hydrogen-bond acceptors (Lipinski definition) is 4. The molecule has 1 atom stereocenters. The van der Waals surface area contributed by atoms with E-state index >= 15 is 0 Å². The van der Waals surface area contributed by atoms with Crippen molar-refractivity contribution in [1.29, 1.82) is 0 Å². The van der Waals surface area contributed by atoms with Crippen molar-refractivity contribution in [2.45, 2.75) is 33.0 Å². The first-order valence-corrected chi connectivity index (χ1v) is 10.3. The molecule has 0 fully saturated rings. The van der Waals surface area contributed by atoms with Crippen molar-refractivity contribution < 1.29 is 32.3 Å². The van der Waals surface area contributed by atoms with Crippen LogP contribution in [-0.4, -0.2) is 43.1 Å². The molecule has 10 heteroatoms. The molecule has 0 saturated carbocycles. The van der Waals surface area contributed by atoms with Gasteiger partial charge >= 0.3 is 6.18 Å². The highest BCUT2D eigenvalue weighted by molar-refractivity contribution is 6.06. The van der Waals surface area contributed by atoms with Crippen molar-refractivity contribution in [2.75, 3.05) is 18.5 Å². The molecule has 0 aromatic heterocycles. The zero-order chi connectivity index (χ0) is 24.6. The van der Waals surface area contributed by atoms with Gasteiger partial charge in [0, 0.05) is 5.56 Å². The van der Waals surface area contributed by atoms with Gasteiger partial charge in [-0.3, -0.25) is 14.4 Å². The third-order valence-corrected chi connectivity index (χ3v) is 4.54. The number of anilines is 1. The number of amides is 3. The maximum Gasteiger partial charge on any atom is 0.405 e. The van der Waals surface area contributed by atoms with E-state index in [9.17, 15) is 27.6 Å². The Kier molecular flexibility index (Phi) is 8.84. The predicted octanol–water partition coefficient (Wildman–Crippen LogP) is 3.77. The summed E-state index contributed by atoms with van der Waals surface area (Å²) < 4.78 is 42.6. The topological polar surface area (TPSA) is 96.5 Å². The molecule has 2 aromatic carbocycles. The fraction of sp³-hybridized carbons (Fsp3) is 0.348. The standard InChI is InChI=1S/C23H26F3N3O4/c1-4-33-16-11-9-15(10-12-16)20(30)29-19(14(2)3)22(32)28-18-8-6-5-7-17(18)21(31)27-13-23(24,25)26/h5-12,14,19H,4,13H2,1-3H3,(H,27,31)(H,28,32)(H,29,30)/t19-/m0/s1. The van der Waals surface area contributed by atoms with Gasteiger partial charge in [-0.25, -0.2) is 0 Å². The molecule has 178 valence electrons. The van der Waals surface area contributed by atoms with E-state index in [-0.39, 0.29) is 17.2 Å². The minimum absolute atomic E-state index is 0.0307. The third-order valence-electron chi connectivity index (χ3n) is 4.54. The summed E-state index contributed by atoms with van der Waals surface area (Å²) in [7, 11) is 0. The van der Waals surface area contributed by atoms with E-state index in [1.165, 1.54) is 24.3 Å². The van der Waals surface area contributed by atoms with Crippen molar-refractivity contribution >= 4 is 23.4 Å². The molecule has 33 heavy (non-hydrogen) atoms. The van der Waals surface area contributed by atoms with Crippen LogP contribution in [0.5, 0.6) is 5.75 Å². The van der Waals surface area contributed by atoms with Gasteiger partial charge in [0.1, 0.15) is 18.3 Å². The zero-order valence-corrected chi connectivity index (χ0v) is 18.5. The molecular formula is C23H26F3N3O4. The van der Waals surface area contributed by atoms with E-state index < -0.39 is 36.5 Å². The molecule has 0 aliphatic rings. The molecule has 0 spiro atoms. The Balaban J connectivity index is 2.13. The van der Waals surface area contributed by atoms with Crippen LogP contribution in [0.4, 0.5) is 18.9 Å². The maximum atomic E-state index is 12.9. The van der Waals surface area contributed by atoms with Crippen molar-refractivity contribution in [3.8, 4) is 5.75 Å². The summed E-state index contributed by atoms with van der Waals surface area (Å²) in [6.07, 6.45) is -4.57. The molecule has 3 N–H and O–H groups in total. The highest BCUT2D eigenvalue weighted by Crippen LogP contribution is 2.19. The van der Waals surface area contributed by atoms with Crippen molar-refractivity contribution in [1.82, 2.24) is 10.6 Å². The Morgan fingerprint density at radius 1 is 0.970 bits per heavy atom. The number of ether oxygens (including phenoxy) is 1. The number of carbonyl (C=O) groups is 3. The summed E-state index contributed by atoms with van der Waals surface area (Å²) >= 11 is 0. The Morgan fingerprint density at radius 2 is 1.61 bits per heavy atom. The third kappa shape index (κ3) is 7.81. The largest absolute Gasteiger partial charge is 0.494 e. The summed E-state index contributed by atoms with van der Waals surface area (Å²) in [5.41, 5.74) is 0.224. The fourth-order valence-corrected chi connectivity index (χ4v) is 2.91. The van der Waals surface area contributed by atoms with E-state index in [1.54, 1.807) is 43.4 Å². The van der Waals surface area contributed by atoms with Crippen LogP contribution in [0.2, 0.25) is 0 Å².